The number of anilines is 1. The van der Waals surface area contributed by atoms with E-state index in [1.54, 1.807) is 0 Å². The van der Waals surface area contributed by atoms with Crippen molar-refractivity contribution in [3.8, 4) is 0 Å². The zero-order valence-electron chi connectivity index (χ0n) is 11.5. The molecule has 0 aliphatic carbocycles. The normalized spacial score (nSPS) is 24.3. The highest BCUT2D eigenvalue weighted by atomic mass is 16.3. The Bertz CT molecular complexity index is 390. The van der Waals surface area contributed by atoms with E-state index in [1.807, 2.05) is 36.3 Å². The number of hydrogen-bond donors (Lipinski definition) is 1. The van der Waals surface area contributed by atoms with Crippen molar-refractivity contribution < 1.29 is 5.11 Å². The van der Waals surface area contributed by atoms with Gasteiger partial charge in [-0.2, -0.15) is 0 Å². The summed E-state index contributed by atoms with van der Waals surface area (Å²) in [5.41, 5.74) is 1.14. The highest BCUT2D eigenvalue weighted by Crippen LogP contribution is 2.20. The molecule has 1 aromatic heterocycles. The van der Waals surface area contributed by atoms with E-state index in [-0.39, 0.29) is 12.1 Å². The van der Waals surface area contributed by atoms with Crippen molar-refractivity contribution in [3.05, 3.63) is 18.0 Å². The zero-order chi connectivity index (χ0) is 13.3. The molecule has 2 atom stereocenters. The predicted octanol–water partition coefficient (Wildman–Crippen LogP) is 0.711. The van der Waals surface area contributed by atoms with Crippen LogP contribution in [0.15, 0.2) is 12.4 Å². The van der Waals surface area contributed by atoms with E-state index >= 15 is 0 Å². The Labute approximate surface area is 108 Å². The smallest absolute Gasteiger partial charge is 0.225 e. The minimum atomic E-state index is -0.339. The molecule has 1 saturated heterocycles. The Morgan fingerprint density at radius 3 is 2.33 bits per heavy atom. The largest absolute Gasteiger partial charge is 0.390 e. The maximum absolute atomic E-state index is 10.00. The van der Waals surface area contributed by atoms with Crippen LogP contribution in [0.25, 0.3) is 0 Å². The van der Waals surface area contributed by atoms with Crippen molar-refractivity contribution in [1.82, 2.24) is 14.9 Å². The van der Waals surface area contributed by atoms with Gasteiger partial charge in [0.25, 0.3) is 0 Å². The van der Waals surface area contributed by atoms with Gasteiger partial charge in [0, 0.05) is 25.5 Å². The third-order valence-corrected chi connectivity index (χ3v) is 3.53. The first-order valence-corrected chi connectivity index (χ1v) is 6.40. The molecule has 18 heavy (non-hydrogen) atoms. The Hall–Kier alpha value is -1.20. The highest BCUT2D eigenvalue weighted by molar-refractivity contribution is 5.34. The minimum Gasteiger partial charge on any atom is -0.390 e. The Kier molecular flexibility index (Phi) is 3.82. The number of likely N-dealkylation sites (N-methyl/N-ethyl adjacent to an activating group) is 1. The van der Waals surface area contributed by atoms with Crippen LogP contribution in [0.1, 0.15) is 25.3 Å². The number of rotatable bonds is 3. The van der Waals surface area contributed by atoms with Gasteiger partial charge in [-0.05, 0) is 25.6 Å². The van der Waals surface area contributed by atoms with Gasteiger partial charge in [0.15, 0.2) is 0 Å². The summed E-state index contributed by atoms with van der Waals surface area (Å²) in [4.78, 5) is 12.9. The van der Waals surface area contributed by atoms with Crippen LogP contribution in [0.2, 0.25) is 0 Å². The molecule has 5 heteroatoms. The topological polar surface area (TPSA) is 52.5 Å². The van der Waals surface area contributed by atoms with Crippen molar-refractivity contribution in [2.75, 3.05) is 32.1 Å². The van der Waals surface area contributed by atoms with E-state index in [0.717, 1.165) is 12.1 Å². The van der Waals surface area contributed by atoms with Crippen molar-refractivity contribution in [1.29, 1.82) is 0 Å². The number of aromatic nitrogens is 2. The average molecular weight is 250 g/mol. The van der Waals surface area contributed by atoms with Gasteiger partial charge in [-0.1, -0.05) is 13.8 Å². The van der Waals surface area contributed by atoms with Crippen LogP contribution in [-0.4, -0.2) is 59.3 Å². The molecular formula is C13H22N4O. The summed E-state index contributed by atoms with van der Waals surface area (Å²) in [5, 5.41) is 10.00. The van der Waals surface area contributed by atoms with Gasteiger partial charge in [-0.3, -0.25) is 0 Å². The van der Waals surface area contributed by atoms with Crippen LogP contribution in [0.4, 0.5) is 5.95 Å². The van der Waals surface area contributed by atoms with Crippen molar-refractivity contribution in [2.24, 2.45) is 0 Å². The SMILES string of the molecule is CC(C)c1cnc(N2C[C@H](O)[C@@H](N(C)C)C2)nc1. The second kappa shape index (κ2) is 5.20. The first-order valence-electron chi connectivity index (χ1n) is 6.40. The van der Waals surface area contributed by atoms with E-state index in [9.17, 15) is 5.11 Å². The number of aliphatic hydroxyl groups is 1. The molecule has 1 N–H and O–H groups in total. The molecule has 1 aliphatic rings. The summed E-state index contributed by atoms with van der Waals surface area (Å²) in [6, 6.07) is 0.151. The third-order valence-electron chi connectivity index (χ3n) is 3.53. The molecule has 0 bridgehead atoms. The summed E-state index contributed by atoms with van der Waals surface area (Å²) >= 11 is 0. The third kappa shape index (κ3) is 2.62. The van der Waals surface area contributed by atoms with Crippen LogP contribution < -0.4 is 4.90 Å². The first-order chi connectivity index (χ1) is 8.49. The minimum absolute atomic E-state index is 0.151. The lowest BCUT2D eigenvalue weighted by Crippen LogP contribution is -2.38. The quantitative estimate of drug-likeness (QED) is 0.856. The summed E-state index contributed by atoms with van der Waals surface area (Å²) < 4.78 is 0. The lowest BCUT2D eigenvalue weighted by molar-refractivity contribution is 0.114. The molecule has 1 fully saturated rings. The number of aliphatic hydroxyl groups excluding tert-OH is 1. The van der Waals surface area contributed by atoms with Crippen molar-refractivity contribution in [3.63, 3.8) is 0 Å². The Balaban J connectivity index is 2.09. The van der Waals surface area contributed by atoms with Gasteiger partial charge in [-0.25, -0.2) is 9.97 Å². The maximum Gasteiger partial charge on any atom is 0.225 e. The summed E-state index contributed by atoms with van der Waals surface area (Å²) in [5.74, 6) is 1.15. The van der Waals surface area contributed by atoms with E-state index < -0.39 is 0 Å². The monoisotopic (exact) mass is 250 g/mol. The van der Waals surface area contributed by atoms with Crippen LogP contribution >= 0.6 is 0 Å². The van der Waals surface area contributed by atoms with Crippen LogP contribution in [-0.2, 0) is 0 Å². The average Bonchev–Trinajstić information content (AvgIpc) is 2.71. The number of β-amino-alcohol motifs (C(OH)–C–C–N with tert-alkyl or cyclic N) is 1. The van der Waals surface area contributed by atoms with Gasteiger partial charge in [-0.15, -0.1) is 0 Å². The fourth-order valence-corrected chi connectivity index (χ4v) is 2.23. The van der Waals surface area contributed by atoms with Gasteiger partial charge < -0.3 is 14.9 Å². The molecule has 2 rings (SSSR count). The summed E-state index contributed by atoms with van der Waals surface area (Å²) in [7, 11) is 3.97. The standard InChI is InChI=1S/C13H22N4O/c1-9(2)10-5-14-13(15-6-10)17-7-11(16(3)4)12(18)8-17/h5-6,9,11-12,18H,7-8H2,1-4H3/t11-,12-/m0/s1. The zero-order valence-corrected chi connectivity index (χ0v) is 11.5. The molecule has 0 radical (unpaired) electrons. The molecule has 0 spiro atoms. The fourth-order valence-electron chi connectivity index (χ4n) is 2.23. The lowest BCUT2D eigenvalue weighted by atomic mass is 10.1. The summed E-state index contributed by atoms with van der Waals surface area (Å²) in [6.45, 7) is 5.62. The van der Waals surface area contributed by atoms with Crippen LogP contribution in [0.5, 0.6) is 0 Å². The Morgan fingerprint density at radius 1 is 1.28 bits per heavy atom. The van der Waals surface area contributed by atoms with Gasteiger partial charge >= 0.3 is 0 Å². The summed E-state index contributed by atoms with van der Waals surface area (Å²) in [6.07, 6.45) is 3.42. The van der Waals surface area contributed by atoms with Crippen LogP contribution in [0.3, 0.4) is 0 Å². The second-order valence-electron chi connectivity index (χ2n) is 5.47. The number of nitrogens with zero attached hydrogens (tertiary/aromatic N) is 4. The molecule has 0 amide bonds. The second-order valence-corrected chi connectivity index (χ2v) is 5.47. The molecule has 1 aromatic rings. The van der Waals surface area contributed by atoms with Crippen molar-refractivity contribution >= 4 is 5.95 Å². The van der Waals surface area contributed by atoms with Gasteiger partial charge in [0.2, 0.25) is 5.95 Å². The van der Waals surface area contributed by atoms with E-state index in [1.165, 1.54) is 0 Å². The van der Waals surface area contributed by atoms with Crippen LogP contribution in [0, 0.1) is 0 Å². The lowest BCUT2D eigenvalue weighted by Gasteiger charge is -2.21. The predicted molar refractivity (Wildman–Crippen MR) is 71.8 cm³/mol. The molecular weight excluding hydrogens is 228 g/mol. The van der Waals surface area contributed by atoms with Gasteiger partial charge in [0.05, 0.1) is 12.1 Å². The fraction of sp³-hybridized carbons (Fsp3) is 0.692. The molecule has 1 aliphatic heterocycles. The molecule has 100 valence electrons. The molecule has 0 saturated carbocycles. The van der Waals surface area contributed by atoms with Gasteiger partial charge in [0.1, 0.15) is 0 Å². The Morgan fingerprint density at radius 2 is 1.89 bits per heavy atom. The highest BCUT2D eigenvalue weighted by Gasteiger charge is 2.33. The molecule has 2 heterocycles. The first kappa shape index (κ1) is 13.2. The molecule has 0 unspecified atom stereocenters. The number of hydrogen-bond acceptors (Lipinski definition) is 5. The molecule has 0 aromatic carbocycles. The van der Waals surface area contributed by atoms with Crippen molar-refractivity contribution in [2.45, 2.75) is 31.9 Å². The maximum atomic E-state index is 10.00. The molecule has 5 nitrogen and oxygen atoms in total. The van der Waals surface area contributed by atoms with E-state index in [4.69, 9.17) is 0 Å². The van der Waals surface area contributed by atoms with E-state index in [0.29, 0.717) is 18.4 Å². The van der Waals surface area contributed by atoms with E-state index in [2.05, 4.69) is 23.8 Å².